The number of aromatic nitrogens is 1. The van der Waals surface area contributed by atoms with E-state index in [0.29, 0.717) is 30.0 Å². The maximum atomic E-state index is 13.0. The zero-order valence-corrected chi connectivity index (χ0v) is 21.2. The molecular formula is C28H29F3N4O4. The summed E-state index contributed by atoms with van der Waals surface area (Å²) in [6.07, 6.45) is 1.00. The highest BCUT2D eigenvalue weighted by Crippen LogP contribution is 2.37. The van der Waals surface area contributed by atoms with Crippen molar-refractivity contribution in [3.63, 3.8) is 0 Å². The number of nitrogens with zero attached hydrogens (tertiary/aromatic N) is 3. The largest absolute Gasteiger partial charge is 0.489 e. The van der Waals surface area contributed by atoms with Gasteiger partial charge in [0.25, 0.3) is 5.91 Å². The van der Waals surface area contributed by atoms with E-state index >= 15 is 0 Å². The van der Waals surface area contributed by atoms with Gasteiger partial charge in [0.15, 0.2) is 0 Å². The molecule has 3 aliphatic heterocycles. The Hall–Kier alpha value is -3.47. The first-order chi connectivity index (χ1) is 18.7. The van der Waals surface area contributed by atoms with Crippen molar-refractivity contribution in [1.29, 1.82) is 0 Å². The van der Waals surface area contributed by atoms with Gasteiger partial charge in [-0.2, -0.15) is 13.2 Å². The minimum Gasteiger partial charge on any atom is -0.489 e. The number of benzene rings is 1. The topological polar surface area (TPSA) is 91.8 Å². The van der Waals surface area contributed by atoms with Gasteiger partial charge in [-0.3, -0.25) is 29.6 Å². The highest BCUT2D eigenvalue weighted by molar-refractivity contribution is 6.05. The van der Waals surface area contributed by atoms with Crippen molar-refractivity contribution >= 4 is 17.7 Å². The molecule has 0 unspecified atom stereocenters. The lowest BCUT2D eigenvalue weighted by Gasteiger charge is -2.48. The number of ether oxygens (including phenoxy) is 1. The fraction of sp³-hybridized carbons (Fsp3) is 0.500. The molecule has 0 radical (unpaired) electrons. The van der Waals surface area contributed by atoms with Gasteiger partial charge in [0.2, 0.25) is 11.8 Å². The number of piperidine rings is 1. The van der Waals surface area contributed by atoms with Crippen LogP contribution >= 0.6 is 0 Å². The number of likely N-dealkylation sites (tertiary alicyclic amines) is 1. The van der Waals surface area contributed by atoms with Crippen molar-refractivity contribution in [2.24, 2.45) is 0 Å². The monoisotopic (exact) mass is 542 g/mol. The molecule has 4 heterocycles. The normalized spacial score (nSPS) is 26.3. The van der Waals surface area contributed by atoms with E-state index < -0.39 is 23.7 Å². The molecule has 8 nitrogen and oxygen atoms in total. The fourth-order valence-corrected chi connectivity index (χ4v) is 6.22. The molecule has 11 heteroatoms. The Kier molecular flexibility index (Phi) is 6.57. The zero-order chi connectivity index (χ0) is 27.3. The van der Waals surface area contributed by atoms with Crippen molar-refractivity contribution in [2.45, 2.75) is 75.4 Å². The van der Waals surface area contributed by atoms with Gasteiger partial charge < -0.3 is 9.64 Å². The third kappa shape index (κ3) is 4.99. The van der Waals surface area contributed by atoms with E-state index in [0.717, 1.165) is 56.6 Å². The smallest absolute Gasteiger partial charge is 0.417 e. The number of pyridine rings is 1. The zero-order valence-electron chi connectivity index (χ0n) is 21.2. The van der Waals surface area contributed by atoms with Gasteiger partial charge in [0, 0.05) is 55.5 Å². The Bertz CT molecular complexity index is 1290. The first-order valence-electron chi connectivity index (χ1n) is 13.4. The van der Waals surface area contributed by atoms with Crippen molar-refractivity contribution in [2.75, 3.05) is 13.1 Å². The first kappa shape index (κ1) is 25.8. The maximum absolute atomic E-state index is 13.0. The lowest BCUT2D eigenvalue weighted by atomic mass is 9.85. The quantitative estimate of drug-likeness (QED) is 0.580. The average molecular weight is 543 g/mol. The number of amides is 3. The molecule has 3 amide bonds. The van der Waals surface area contributed by atoms with Gasteiger partial charge in [-0.1, -0.05) is 6.42 Å². The third-order valence-electron chi connectivity index (χ3n) is 8.36. The molecule has 1 saturated carbocycles. The Morgan fingerprint density at radius 2 is 1.79 bits per heavy atom. The molecule has 3 fully saturated rings. The number of hydrogen-bond donors (Lipinski definition) is 1. The number of hydrogen-bond acceptors (Lipinski definition) is 6. The first-order valence-corrected chi connectivity index (χ1v) is 13.4. The lowest BCUT2D eigenvalue weighted by Crippen LogP contribution is -2.57. The van der Waals surface area contributed by atoms with Crippen LogP contribution in [0.3, 0.4) is 0 Å². The Balaban J connectivity index is 1.09. The Morgan fingerprint density at radius 3 is 2.51 bits per heavy atom. The second-order valence-corrected chi connectivity index (χ2v) is 10.8. The van der Waals surface area contributed by atoms with Gasteiger partial charge in [-0.15, -0.1) is 0 Å². The minimum absolute atomic E-state index is 0.0401. The minimum atomic E-state index is -4.39. The lowest BCUT2D eigenvalue weighted by molar-refractivity contribution is -0.138. The number of halogens is 3. The summed E-state index contributed by atoms with van der Waals surface area (Å²) in [5, 5.41) is 2.32. The summed E-state index contributed by atoms with van der Waals surface area (Å²) in [6, 6.07) is 7.51. The van der Waals surface area contributed by atoms with Gasteiger partial charge in [-0.25, -0.2) is 0 Å². The SMILES string of the molecule is O=C1CC[C@@H](N2Cc3cc(O[C@H]4CCCC[C@@H]4N4CC(c5ccc(C(F)(F)F)cn5)C4)ccc3C2=O)C(=O)N1. The number of carbonyl (C=O) groups is 3. The Labute approximate surface area is 223 Å². The van der Waals surface area contributed by atoms with Gasteiger partial charge in [0.1, 0.15) is 17.9 Å². The van der Waals surface area contributed by atoms with E-state index in [1.807, 2.05) is 6.07 Å². The van der Waals surface area contributed by atoms with Crippen LogP contribution in [0.1, 0.15) is 71.6 Å². The summed E-state index contributed by atoms with van der Waals surface area (Å²) in [5.41, 5.74) is 1.28. The summed E-state index contributed by atoms with van der Waals surface area (Å²) in [4.78, 5) is 44.7. The van der Waals surface area contributed by atoms with Crippen LogP contribution in [0.5, 0.6) is 5.75 Å². The maximum Gasteiger partial charge on any atom is 0.417 e. The number of fused-ring (bicyclic) bond motifs is 1. The van der Waals surface area contributed by atoms with E-state index in [-0.39, 0.29) is 36.3 Å². The van der Waals surface area contributed by atoms with Crippen molar-refractivity contribution in [3.05, 3.63) is 58.9 Å². The molecule has 0 spiro atoms. The van der Waals surface area contributed by atoms with Crippen molar-refractivity contribution in [1.82, 2.24) is 20.1 Å². The van der Waals surface area contributed by atoms with Gasteiger partial charge in [0.05, 0.1) is 5.56 Å². The molecule has 206 valence electrons. The molecule has 2 saturated heterocycles. The molecule has 6 rings (SSSR count). The number of imide groups is 1. The van der Waals surface area contributed by atoms with Crippen LogP contribution in [-0.2, 0) is 22.3 Å². The second kappa shape index (κ2) is 9.93. The molecule has 4 aliphatic rings. The van der Waals surface area contributed by atoms with Crippen LogP contribution < -0.4 is 10.1 Å². The fourth-order valence-electron chi connectivity index (χ4n) is 6.22. The third-order valence-corrected chi connectivity index (χ3v) is 8.36. The van der Waals surface area contributed by atoms with Crippen LogP contribution in [0, 0.1) is 0 Å². The predicted octanol–water partition coefficient (Wildman–Crippen LogP) is 3.65. The number of rotatable bonds is 5. The number of alkyl halides is 3. The molecule has 0 bridgehead atoms. The molecule has 2 aromatic rings. The molecule has 3 atom stereocenters. The van der Waals surface area contributed by atoms with Crippen molar-refractivity contribution in [3.8, 4) is 5.75 Å². The molecule has 1 aliphatic carbocycles. The van der Waals surface area contributed by atoms with E-state index in [9.17, 15) is 27.6 Å². The van der Waals surface area contributed by atoms with Gasteiger partial charge in [-0.05, 0) is 61.6 Å². The molecule has 1 N–H and O–H groups in total. The highest BCUT2D eigenvalue weighted by Gasteiger charge is 2.41. The van der Waals surface area contributed by atoms with Crippen LogP contribution in [0.2, 0.25) is 0 Å². The van der Waals surface area contributed by atoms with E-state index in [1.165, 1.54) is 11.0 Å². The molecule has 1 aromatic carbocycles. The van der Waals surface area contributed by atoms with E-state index in [2.05, 4.69) is 15.2 Å². The summed E-state index contributed by atoms with van der Waals surface area (Å²) >= 11 is 0. The van der Waals surface area contributed by atoms with Crippen LogP contribution in [0.25, 0.3) is 0 Å². The average Bonchev–Trinajstić information content (AvgIpc) is 3.19. The highest BCUT2D eigenvalue weighted by atomic mass is 19.4. The second-order valence-electron chi connectivity index (χ2n) is 10.8. The van der Waals surface area contributed by atoms with Crippen LogP contribution in [0.15, 0.2) is 36.5 Å². The predicted molar refractivity (Wildman–Crippen MR) is 133 cm³/mol. The number of nitrogens with one attached hydrogen (secondary N) is 1. The Morgan fingerprint density at radius 1 is 1.00 bits per heavy atom. The molecule has 1 aromatic heterocycles. The van der Waals surface area contributed by atoms with Gasteiger partial charge >= 0.3 is 6.18 Å². The van der Waals surface area contributed by atoms with Crippen molar-refractivity contribution < 1.29 is 32.3 Å². The molecular weight excluding hydrogens is 513 g/mol. The standard InChI is InChI=1S/C28H29F3N4O4/c29-28(30,31)18-5-8-21(32-12-18)17-13-34(14-17)22-3-1-2-4-24(22)39-19-6-7-20-16(11-19)15-35(27(20)38)23-9-10-25(36)33-26(23)37/h5-8,11-12,17,22-24H,1-4,9-10,13-15H2,(H,33,36,37)/t22-,23+,24-/m0/s1. The summed E-state index contributed by atoms with van der Waals surface area (Å²) < 4.78 is 45.0. The summed E-state index contributed by atoms with van der Waals surface area (Å²) in [5.74, 6) is -0.204. The van der Waals surface area contributed by atoms with E-state index in [4.69, 9.17) is 4.74 Å². The number of carbonyl (C=O) groups excluding carboxylic acids is 3. The van der Waals surface area contributed by atoms with E-state index in [1.54, 1.807) is 12.1 Å². The summed E-state index contributed by atoms with van der Waals surface area (Å²) in [6.45, 7) is 1.74. The van der Waals surface area contributed by atoms with Crippen LogP contribution in [0.4, 0.5) is 13.2 Å². The summed E-state index contributed by atoms with van der Waals surface area (Å²) in [7, 11) is 0. The molecule has 39 heavy (non-hydrogen) atoms. The van der Waals surface area contributed by atoms with Crippen LogP contribution in [-0.4, -0.2) is 63.8 Å².